The molecule has 68 valence electrons. The molecule has 12 heavy (non-hydrogen) atoms. The molecule has 0 saturated carbocycles. The largest absolute Gasteiger partial charge is 0.390 e. The number of β-amino-alcohol motifs (C(OH)–C–C–N with tert-alkyl or cyclic N) is 1. The van der Waals surface area contributed by atoms with Gasteiger partial charge >= 0.3 is 0 Å². The molecule has 0 aromatic rings. The Balaban J connectivity index is 2.36. The molecule has 0 aromatic heterocycles. The molecule has 1 heterocycles. The summed E-state index contributed by atoms with van der Waals surface area (Å²) in [6, 6.07) is 2.11. The number of nitrogens with zero attached hydrogens (tertiary/aromatic N) is 2. The molecule has 1 aliphatic heterocycles. The van der Waals surface area contributed by atoms with Crippen LogP contribution in [0.3, 0.4) is 0 Å². The van der Waals surface area contributed by atoms with Gasteiger partial charge in [0, 0.05) is 19.6 Å². The van der Waals surface area contributed by atoms with Gasteiger partial charge in [0.1, 0.15) is 0 Å². The van der Waals surface area contributed by atoms with Gasteiger partial charge in [0.05, 0.1) is 18.1 Å². The van der Waals surface area contributed by atoms with Crippen LogP contribution in [0.25, 0.3) is 0 Å². The van der Waals surface area contributed by atoms with Gasteiger partial charge in [-0.2, -0.15) is 5.26 Å². The van der Waals surface area contributed by atoms with E-state index in [2.05, 4.69) is 11.0 Å². The van der Waals surface area contributed by atoms with Gasteiger partial charge in [-0.1, -0.05) is 0 Å². The summed E-state index contributed by atoms with van der Waals surface area (Å²) in [5, 5.41) is 18.1. The number of aliphatic hydroxyl groups excluding tert-OH is 1. The molecule has 4 nitrogen and oxygen atoms in total. The summed E-state index contributed by atoms with van der Waals surface area (Å²) in [6.45, 7) is 2.90. The third-order valence-corrected chi connectivity index (χ3v) is 2.28. The molecule has 0 aromatic carbocycles. The Morgan fingerprint density at radius 1 is 1.67 bits per heavy atom. The quantitative estimate of drug-likeness (QED) is 0.565. The van der Waals surface area contributed by atoms with Crippen LogP contribution in [0.5, 0.6) is 0 Å². The van der Waals surface area contributed by atoms with Crippen molar-refractivity contribution in [2.24, 2.45) is 11.7 Å². The van der Waals surface area contributed by atoms with E-state index in [9.17, 15) is 5.11 Å². The summed E-state index contributed by atoms with van der Waals surface area (Å²) in [6.07, 6.45) is 0.271. The number of likely N-dealkylation sites (tertiary alicyclic amines) is 1. The van der Waals surface area contributed by atoms with E-state index < -0.39 is 6.10 Å². The zero-order valence-electron chi connectivity index (χ0n) is 7.11. The summed E-state index contributed by atoms with van der Waals surface area (Å²) in [5.74, 6) is -0.181. The van der Waals surface area contributed by atoms with E-state index in [1.807, 2.05) is 0 Å². The Morgan fingerprint density at radius 2 is 2.42 bits per heavy atom. The summed E-state index contributed by atoms with van der Waals surface area (Å²) >= 11 is 0. The second kappa shape index (κ2) is 4.41. The Kier molecular flexibility index (Phi) is 3.48. The van der Waals surface area contributed by atoms with Crippen molar-refractivity contribution >= 4 is 0 Å². The fraction of sp³-hybridized carbons (Fsp3) is 0.875. The molecule has 1 fully saturated rings. The Morgan fingerprint density at radius 3 is 2.92 bits per heavy atom. The first-order valence-electron chi connectivity index (χ1n) is 4.28. The molecular weight excluding hydrogens is 154 g/mol. The van der Waals surface area contributed by atoms with Crippen LogP contribution in [0, 0.1) is 17.2 Å². The Bertz CT molecular complexity index is 178. The van der Waals surface area contributed by atoms with Gasteiger partial charge in [0.25, 0.3) is 0 Å². The van der Waals surface area contributed by atoms with Crippen LogP contribution in [0.2, 0.25) is 0 Å². The molecule has 1 rings (SSSR count). The van der Waals surface area contributed by atoms with Crippen molar-refractivity contribution in [3.63, 3.8) is 0 Å². The maximum atomic E-state index is 9.46. The highest BCUT2D eigenvalue weighted by atomic mass is 16.3. The third kappa shape index (κ3) is 2.18. The van der Waals surface area contributed by atoms with Crippen LogP contribution in [0.15, 0.2) is 0 Å². The molecule has 0 aliphatic carbocycles. The number of aliphatic hydroxyl groups is 1. The number of nitriles is 1. The normalized spacial score (nSPS) is 31.4. The fourth-order valence-electron chi connectivity index (χ4n) is 1.53. The number of piperidine rings is 1. The zero-order valence-corrected chi connectivity index (χ0v) is 7.11. The Labute approximate surface area is 72.6 Å². The van der Waals surface area contributed by atoms with Gasteiger partial charge < -0.3 is 10.8 Å². The van der Waals surface area contributed by atoms with Crippen LogP contribution in [-0.2, 0) is 0 Å². The van der Waals surface area contributed by atoms with Crippen LogP contribution in [0.4, 0.5) is 0 Å². The highest BCUT2D eigenvalue weighted by Gasteiger charge is 2.26. The minimum Gasteiger partial charge on any atom is -0.390 e. The molecule has 0 amide bonds. The van der Waals surface area contributed by atoms with E-state index in [0.717, 1.165) is 19.5 Å². The van der Waals surface area contributed by atoms with Gasteiger partial charge in [0.15, 0.2) is 0 Å². The molecular formula is C8H15N3O. The maximum Gasteiger partial charge on any atom is 0.0825 e. The van der Waals surface area contributed by atoms with Gasteiger partial charge in [-0.05, 0) is 13.0 Å². The van der Waals surface area contributed by atoms with E-state index in [-0.39, 0.29) is 5.92 Å². The molecule has 1 saturated heterocycles. The van der Waals surface area contributed by atoms with Crippen molar-refractivity contribution in [3.05, 3.63) is 0 Å². The summed E-state index contributed by atoms with van der Waals surface area (Å²) < 4.78 is 0. The van der Waals surface area contributed by atoms with Crippen molar-refractivity contribution in [1.29, 1.82) is 5.26 Å². The highest BCUT2D eigenvalue weighted by Crippen LogP contribution is 2.15. The van der Waals surface area contributed by atoms with Crippen LogP contribution < -0.4 is 5.73 Å². The van der Waals surface area contributed by atoms with Crippen molar-refractivity contribution in [1.82, 2.24) is 4.90 Å². The van der Waals surface area contributed by atoms with Gasteiger partial charge in [0.2, 0.25) is 0 Å². The van der Waals surface area contributed by atoms with Crippen molar-refractivity contribution in [2.45, 2.75) is 12.5 Å². The van der Waals surface area contributed by atoms with E-state index in [4.69, 9.17) is 11.0 Å². The molecule has 0 bridgehead atoms. The number of hydrogen-bond acceptors (Lipinski definition) is 4. The lowest BCUT2D eigenvalue weighted by atomic mass is 9.95. The highest BCUT2D eigenvalue weighted by molar-refractivity contribution is 4.93. The minimum absolute atomic E-state index is 0.181. The predicted octanol–water partition coefficient (Wildman–Crippen LogP) is -0.849. The Hall–Kier alpha value is -0.630. The molecule has 1 aliphatic rings. The second-order valence-electron chi connectivity index (χ2n) is 3.18. The van der Waals surface area contributed by atoms with E-state index in [0.29, 0.717) is 13.1 Å². The van der Waals surface area contributed by atoms with Crippen LogP contribution in [-0.4, -0.2) is 42.3 Å². The average molecular weight is 169 g/mol. The van der Waals surface area contributed by atoms with Gasteiger partial charge in [-0.3, -0.25) is 4.90 Å². The molecule has 4 heteroatoms. The molecule has 0 spiro atoms. The lowest BCUT2D eigenvalue weighted by molar-refractivity contribution is 0.0443. The number of rotatable bonds is 2. The third-order valence-electron chi connectivity index (χ3n) is 2.28. The number of hydrogen-bond donors (Lipinski definition) is 2. The second-order valence-corrected chi connectivity index (χ2v) is 3.18. The summed E-state index contributed by atoms with van der Waals surface area (Å²) in [4.78, 5) is 2.10. The lowest BCUT2D eigenvalue weighted by Gasteiger charge is -2.32. The smallest absolute Gasteiger partial charge is 0.0825 e. The molecule has 2 unspecified atom stereocenters. The van der Waals surface area contributed by atoms with Crippen molar-refractivity contribution < 1.29 is 5.11 Å². The number of nitrogens with two attached hydrogens (primary N) is 1. The first-order valence-corrected chi connectivity index (χ1v) is 4.28. The lowest BCUT2D eigenvalue weighted by Crippen LogP contribution is -2.45. The topological polar surface area (TPSA) is 73.3 Å². The zero-order chi connectivity index (χ0) is 8.97. The first kappa shape index (κ1) is 9.46. The fourth-order valence-corrected chi connectivity index (χ4v) is 1.53. The molecule has 3 N–H and O–H groups in total. The van der Waals surface area contributed by atoms with Crippen molar-refractivity contribution in [3.8, 4) is 6.07 Å². The maximum absolute atomic E-state index is 9.46. The summed E-state index contributed by atoms with van der Waals surface area (Å²) in [5.41, 5.74) is 5.38. The monoisotopic (exact) mass is 169 g/mol. The van der Waals surface area contributed by atoms with E-state index in [1.165, 1.54) is 0 Å². The van der Waals surface area contributed by atoms with Gasteiger partial charge in [-0.15, -0.1) is 0 Å². The summed E-state index contributed by atoms with van der Waals surface area (Å²) in [7, 11) is 0. The minimum atomic E-state index is -0.490. The van der Waals surface area contributed by atoms with Gasteiger partial charge in [-0.25, -0.2) is 0 Å². The van der Waals surface area contributed by atoms with Crippen LogP contribution in [0.1, 0.15) is 6.42 Å². The van der Waals surface area contributed by atoms with Crippen molar-refractivity contribution in [2.75, 3.05) is 26.2 Å². The molecule has 0 radical (unpaired) electrons. The predicted molar refractivity (Wildman–Crippen MR) is 45.2 cm³/mol. The average Bonchev–Trinajstić information content (AvgIpc) is 2.05. The SMILES string of the molecule is N#CC1CCN(CCN)CC1O. The van der Waals surface area contributed by atoms with Crippen LogP contribution >= 0.6 is 0 Å². The molecule has 2 atom stereocenters. The van der Waals surface area contributed by atoms with E-state index >= 15 is 0 Å². The standard InChI is InChI=1S/C8H15N3O/c9-2-4-11-3-1-7(5-10)8(12)6-11/h7-8,12H,1-4,6,9H2. The van der Waals surface area contributed by atoms with E-state index in [1.54, 1.807) is 0 Å². The first-order chi connectivity index (χ1) is 5.77.